The maximum atomic E-state index is 13.9. The zero-order valence-corrected chi connectivity index (χ0v) is 18.2. The van der Waals surface area contributed by atoms with Crippen molar-refractivity contribution >= 4 is 23.8 Å². The van der Waals surface area contributed by atoms with Gasteiger partial charge in [-0.15, -0.1) is 0 Å². The van der Waals surface area contributed by atoms with Crippen LogP contribution in [0.4, 0.5) is 4.39 Å². The first-order valence-electron chi connectivity index (χ1n) is 10.5. The van der Waals surface area contributed by atoms with Gasteiger partial charge in [-0.2, -0.15) is 0 Å². The van der Waals surface area contributed by atoms with E-state index in [9.17, 15) is 4.39 Å². The minimum Gasteiger partial charge on any atom is -0.206 e. The summed E-state index contributed by atoms with van der Waals surface area (Å²) in [5, 5.41) is 0.402. The van der Waals surface area contributed by atoms with Gasteiger partial charge >= 0.3 is 0 Å². The van der Waals surface area contributed by atoms with E-state index in [1.807, 2.05) is 18.2 Å². The molecule has 0 saturated heterocycles. The van der Waals surface area contributed by atoms with E-state index in [0.29, 0.717) is 16.5 Å². The Labute approximate surface area is 188 Å². The van der Waals surface area contributed by atoms with Crippen molar-refractivity contribution in [1.82, 2.24) is 0 Å². The minimum atomic E-state index is -0.318. The predicted octanol–water partition coefficient (Wildman–Crippen LogP) is 8.66. The van der Waals surface area contributed by atoms with Crippen molar-refractivity contribution in [3.8, 4) is 11.1 Å². The first kappa shape index (κ1) is 21.1. The van der Waals surface area contributed by atoms with Gasteiger partial charge in [0, 0.05) is 10.6 Å². The Morgan fingerprint density at radius 1 is 0.774 bits per heavy atom. The molecule has 4 aromatic rings. The second kappa shape index (κ2) is 9.76. The molecular formula is C29H24ClF. The van der Waals surface area contributed by atoms with Crippen molar-refractivity contribution < 1.29 is 4.39 Å². The van der Waals surface area contributed by atoms with E-state index in [4.69, 9.17) is 11.6 Å². The standard InChI is InChI=1S/C29H24ClF/c1-21(24-5-3-2-4-6-24)19-23-10-14-26(15-11-23)25-12-7-22(8-13-25)9-16-27-17-18-28(30)20-29(27)31/h2-18,20-21H,19H2,1H3/b16-9+. The van der Waals surface area contributed by atoms with Crippen molar-refractivity contribution in [3.05, 3.63) is 130 Å². The fraction of sp³-hybridized carbons (Fsp3) is 0.103. The summed E-state index contributed by atoms with van der Waals surface area (Å²) in [6, 6.07) is 32.4. The third-order valence-corrected chi connectivity index (χ3v) is 5.76. The molecule has 0 spiro atoms. The molecule has 0 aliphatic heterocycles. The van der Waals surface area contributed by atoms with Crippen LogP contribution in [-0.2, 0) is 6.42 Å². The van der Waals surface area contributed by atoms with Crippen molar-refractivity contribution in [2.24, 2.45) is 0 Å². The molecule has 0 fully saturated rings. The van der Waals surface area contributed by atoms with Gasteiger partial charge in [-0.1, -0.05) is 116 Å². The molecule has 0 aliphatic rings. The molecule has 4 aromatic carbocycles. The molecule has 31 heavy (non-hydrogen) atoms. The Balaban J connectivity index is 1.42. The smallest absolute Gasteiger partial charge is 0.131 e. The topological polar surface area (TPSA) is 0 Å². The van der Waals surface area contributed by atoms with Crippen LogP contribution in [0.3, 0.4) is 0 Å². The van der Waals surface area contributed by atoms with Gasteiger partial charge in [0.2, 0.25) is 0 Å². The van der Waals surface area contributed by atoms with Crippen molar-refractivity contribution in [2.75, 3.05) is 0 Å². The summed E-state index contributed by atoms with van der Waals surface area (Å²) in [6.45, 7) is 2.27. The Morgan fingerprint density at radius 2 is 1.42 bits per heavy atom. The van der Waals surface area contributed by atoms with Crippen molar-refractivity contribution in [3.63, 3.8) is 0 Å². The largest absolute Gasteiger partial charge is 0.206 e. The molecule has 0 heterocycles. The van der Waals surface area contributed by atoms with E-state index in [2.05, 4.69) is 73.7 Å². The van der Waals surface area contributed by atoms with E-state index < -0.39 is 0 Å². The van der Waals surface area contributed by atoms with Gasteiger partial charge in [-0.05, 0) is 52.3 Å². The number of hydrogen-bond acceptors (Lipinski definition) is 0. The van der Waals surface area contributed by atoms with E-state index in [1.165, 1.54) is 22.8 Å². The molecule has 0 saturated carbocycles. The average Bonchev–Trinajstić information content (AvgIpc) is 2.80. The van der Waals surface area contributed by atoms with Crippen LogP contribution < -0.4 is 0 Å². The Hall–Kier alpha value is -3.16. The van der Waals surface area contributed by atoms with Crippen LogP contribution in [0.2, 0.25) is 5.02 Å². The molecule has 1 atom stereocenters. The van der Waals surface area contributed by atoms with Gasteiger partial charge < -0.3 is 0 Å². The normalized spacial score (nSPS) is 12.2. The van der Waals surface area contributed by atoms with Crippen LogP contribution in [0.15, 0.2) is 97.1 Å². The quantitative estimate of drug-likeness (QED) is 0.270. The highest BCUT2D eigenvalue weighted by molar-refractivity contribution is 6.30. The molecule has 0 nitrogen and oxygen atoms in total. The molecule has 154 valence electrons. The Morgan fingerprint density at radius 3 is 2.06 bits per heavy atom. The van der Waals surface area contributed by atoms with Gasteiger partial charge in [0.1, 0.15) is 5.82 Å². The fourth-order valence-corrected chi connectivity index (χ4v) is 3.85. The molecule has 2 heteroatoms. The molecular weight excluding hydrogens is 403 g/mol. The summed E-state index contributed by atoms with van der Waals surface area (Å²) in [6.07, 6.45) is 4.70. The summed E-state index contributed by atoms with van der Waals surface area (Å²) in [5.41, 5.74) is 6.60. The van der Waals surface area contributed by atoms with Crippen molar-refractivity contribution in [1.29, 1.82) is 0 Å². The van der Waals surface area contributed by atoms with E-state index in [0.717, 1.165) is 17.5 Å². The summed E-state index contributed by atoms with van der Waals surface area (Å²) in [7, 11) is 0. The predicted molar refractivity (Wildman–Crippen MR) is 131 cm³/mol. The average molecular weight is 427 g/mol. The molecule has 0 radical (unpaired) electrons. The molecule has 1 unspecified atom stereocenters. The van der Waals surface area contributed by atoms with Gasteiger partial charge in [0.05, 0.1) is 0 Å². The zero-order valence-electron chi connectivity index (χ0n) is 17.4. The second-order valence-corrected chi connectivity index (χ2v) is 8.27. The minimum absolute atomic E-state index is 0.318. The lowest BCUT2D eigenvalue weighted by Crippen LogP contribution is -1.98. The Bertz CT molecular complexity index is 1160. The van der Waals surface area contributed by atoms with Gasteiger partial charge in [0.25, 0.3) is 0 Å². The zero-order chi connectivity index (χ0) is 21.6. The molecule has 0 bridgehead atoms. The first-order valence-corrected chi connectivity index (χ1v) is 10.8. The van der Waals surface area contributed by atoms with E-state index in [1.54, 1.807) is 18.2 Å². The number of halogens is 2. The maximum absolute atomic E-state index is 13.9. The SMILES string of the molecule is CC(Cc1ccc(-c2ccc(/C=C/c3ccc(Cl)cc3F)cc2)cc1)c1ccccc1. The Kier molecular flexibility index (Phi) is 6.64. The monoisotopic (exact) mass is 426 g/mol. The second-order valence-electron chi connectivity index (χ2n) is 7.83. The van der Waals surface area contributed by atoms with Crippen LogP contribution in [0.25, 0.3) is 23.3 Å². The maximum Gasteiger partial charge on any atom is 0.131 e. The van der Waals surface area contributed by atoms with E-state index in [-0.39, 0.29) is 5.82 Å². The van der Waals surface area contributed by atoms with Crippen molar-refractivity contribution in [2.45, 2.75) is 19.3 Å². The lowest BCUT2D eigenvalue weighted by molar-refractivity contribution is 0.625. The lowest BCUT2D eigenvalue weighted by Gasteiger charge is -2.12. The molecule has 0 aromatic heterocycles. The molecule has 4 rings (SSSR count). The fourth-order valence-electron chi connectivity index (χ4n) is 3.70. The number of rotatable bonds is 6. The van der Waals surface area contributed by atoms with Gasteiger partial charge in [-0.3, -0.25) is 0 Å². The lowest BCUT2D eigenvalue weighted by atomic mass is 9.93. The van der Waals surface area contributed by atoms with E-state index >= 15 is 0 Å². The van der Waals surface area contributed by atoms with Crippen LogP contribution in [0.5, 0.6) is 0 Å². The first-order chi connectivity index (χ1) is 15.1. The summed E-state index contributed by atoms with van der Waals surface area (Å²) in [4.78, 5) is 0. The van der Waals surface area contributed by atoms with Gasteiger partial charge in [0.15, 0.2) is 0 Å². The summed E-state index contributed by atoms with van der Waals surface area (Å²) >= 11 is 5.81. The van der Waals surface area contributed by atoms with Crippen LogP contribution in [-0.4, -0.2) is 0 Å². The highest BCUT2D eigenvalue weighted by atomic mass is 35.5. The summed E-state index contributed by atoms with van der Waals surface area (Å²) < 4.78 is 13.9. The third kappa shape index (κ3) is 5.51. The number of hydrogen-bond donors (Lipinski definition) is 0. The van der Waals surface area contributed by atoms with Crippen LogP contribution in [0, 0.1) is 5.82 Å². The number of benzene rings is 4. The molecule has 0 aliphatic carbocycles. The molecule has 0 amide bonds. The highest BCUT2D eigenvalue weighted by Gasteiger charge is 2.07. The van der Waals surface area contributed by atoms with Crippen LogP contribution in [0.1, 0.15) is 35.1 Å². The summed E-state index contributed by atoms with van der Waals surface area (Å²) in [5.74, 6) is 0.172. The molecule has 0 N–H and O–H groups in total. The van der Waals surface area contributed by atoms with Gasteiger partial charge in [-0.25, -0.2) is 4.39 Å². The van der Waals surface area contributed by atoms with Crippen LogP contribution >= 0.6 is 11.6 Å². The third-order valence-electron chi connectivity index (χ3n) is 5.53. The highest BCUT2D eigenvalue weighted by Crippen LogP contribution is 2.25.